The monoisotopic (exact) mass is 518 g/mol. The average Bonchev–Trinajstić information content (AvgIpc) is 3.08. The fourth-order valence-corrected chi connectivity index (χ4v) is 4.90. The SMILES string of the molecule is CCOc1ccc(NC(=O)COC(=O)c2ccc(N3C(=O)[C@H]4C[C@H](Cl)[C@@H](Cl)C[C@H]4C3=O)cc2)cc1. The Morgan fingerprint density at radius 3 is 2.06 bits per heavy atom. The maximum absolute atomic E-state index is 12.9. The summed E-state index contributed by atoms with van der Waals surface area (Å²) in [5.74, 6) is -2.11. The van der Waals surface area contributed by atoms with E-state index in [1.165, 1.54) is 24.3 Å². The van der Waals surface area contributed by atoms with Crippen LogP contribution < -0.4 is 15.0 Å². The molecule has 2 aromatic carbocycles. The van der Waals surface area contributed by atoms with Crippen molar-refractivity contribution < 1.29 is 28.7 Å². The number of benzene rings is 2. The van der Waals surface area contributed by atoms with Crippen LogP contribution in [0, 0.1) is 11.8 Å². The van der Waals surface area contributed by atoms with Crippen molar-refractivity contribution in [3.05, 3.63) is 54.1 Å². The Labute approximate surface area is 212 Å². The topological polar surface area (TPSA) is 102 Å². The summed E-state index contributed by atoms with van der Waals surface area (Å²) in [6.45, 7) is 1.94. The molecule has 0 aromatic heterocycles. The molecule has 184 valence electrons. The Bertz CT molecular complexity index is 1090. The van der Waals surface area contributed by atoms with Crippen LogP contribution in [-0.4, -0.2) is 47.7 Å². The minimum absolute atomic E-state index is 0.181. The van der Waals surface area contributed by atoms with Crippen molar-refractivity contribution in [3.8, 4) is 5.75 Å². The normalized spacial score (nSPS) is 23.6. The summed E-state index contributed by atoms with van der Waals surface area (Å²) in [5, 5.41) is 1.91. The number of ether oxygens (including phenoxy) is 2. The first-order chi connectivity index (χ1) is 16.8. The van der Waals surface area contributed by atoms with Gasteiger partial charge in [-0.2, -0.15) is 0 Å². The Morgan fingerprint density at radius 1 is 0.943 bits per heavy atom. The lowest BCUT2D eigenvalue weighted by atomic mass is 9.80. The van der Waals surface area contributed by atoms with Crippen molar-refractivity contribution in [1.82, 2.24) is 0 Å². The predicted molar refractivity (Wildman–Crippen MR) is 131 cm³/mol. The largest absolute Gasteiger partial charge is 0.494 e. The first-order valence-corrected chi connectivity index (χ1v) is 12.1. The molecule has 1 aliphatic heterocycles. The Hall–Kier alpha value is -3.10. The second kappa shape index (κ2) is 10.7. The second-order valence-corrected chi connectivity index (χ2v) is 9.48. The van der Waals surface area contributed by atoms with Crippen LogP contribution in [0.25, 0.3) is 0 Å². The molecular formula is C25H24Cl2N2O6. The molecule has 2 fully saturated rings. The molecule has 0 unspecified atom stereocenters. The third-order valence-electron chi connectivity index (χ3n) is 6.06. The van der Waals surface area contributed by atoms with Gasteiger partial charge in [0.15, 0.2) is 6.61 Å². The number of amides is 3. The van der Waals surface area contributed by atoms with Crippen molar-refractivity contribution in [2.24, 2.45) is 11.8 Å². The van der Waals surface area contributed by atoms with Crippen LogP contribution in [0.3, 0.4) is 0 Å². The maximum Gasteiger partial charge on any atom is 0.338 e. The number of nitrogens with one attached hydrogen (secondary N) is 1. The van der Waals surface area contributed by atoms with E-state index in [9.17, 15) is 19.2 Å². The minimum Gasteiger partial charge on any atom is -0.494 e. The zero-order chi connectivity index (χ0) is 25.1. The van der Waals surface area contributed by atoms with Crippen LogP contribution in [0.1, 0.15) is 30.1 Å². The number of esters is 1. The van der Waals surface area contributed by atoms with Crippen LogP contribution in [0.2, 0.25) is 0 Å². The third kappa shape index (κ3) is 5.44. The predicted octanol–water partition coefficient (Wildman–Crippen LogP) is 4.00. The highest BCUT2D eigenvalue weighted by molar-refractivity contribution is 6.31. The zero-order valence-electron chi connectivity index (χ0n) is 18.9. The minimum atomic E-state index is -0.707. The van der Waals surface area contributed by atoms with Gasteiger partial charge < -0.3 is 14.8 Å². The first kappa shape index (κ1) is 25.0. The van der Waals surface area contributed by atoms with Crippen molar-refractivity contribution in [2.75, 3.05) is 23.4 Å². The zero-order valence-corrected chi connectivity index (χ0v) is 20.4. The van der Waals surface area contributed by atoms with E-state index in [1.54, 1.807) is 24.3 Å². The van der Waals surface area contributed by atoms with E-state index >= 15 is 0 Å². The van der Waals surface area contributed by atoms with Crippen molar-refractivity contribution >= 4 is 58.3 Å². The van der Waals surface area contributed by atoms with Gasteiger partial charge in [-0.1, -0.05) is 0 Å². The molecule has 0 spiro atoms. The number of imide groups is 1. The van der Waals surface area contributed by atoms with Gasteiger partial charge in [0.1, 0.15) is 5.75 Å². The van der Waals surface area contributed by atoms with E-state index in [1.807, 2.05) is 6.92 Å². The number of carbonyl (C=O) groups is 4. The molecular weight excluding hydrogens is 495 g/mol. The number of hydrogen-bond donors (Lipinski definition) is 1. The summed E-state index contributed by atoms with van der Waals surface area (Å²) in [6.07, 6.45) is 0.704. The summed E-state index contributed by atoms with van der Waals surface area (Å²) in [4.78, 5) is 51.3. The Kier molecular flexibility index (Phi) is 7.62. The van der Waals surface area contributed by atoms with Crippen LogP contribution in [-0.2, 0) is 19.1 Å². The van der Waals surface area contributed by atoms with Gasteiger partial charge in [-0.3, -0.25) is 19.3 Å². The molecule has 1 saturated carbocycles. The molecule has 1 aliphatic carbocycles. The van der Waals surface area contributed by atoms with Crippen LogP contribution in [0.5, 0.6) is 5.75 Å². The lowest BCUT2D eigenvalue weighted by molar-refractivity contribution is -0.122. The Balaban J connectivity index is 1.33. The molecule has 3 amide bonds. The van der Waals surface area contributed by atoms with Crippen LogP contribution in [0.4, 0.5) is 11.4 Å². The highest BCUT2D eigenvalue weighted by Gasteiger charge is 2.52. The van der Waals surface area contributed by atoms with E-state index in [0.29, 0.717) is 36.6 Å². The second-order valence-electron chi connectivity index (χ2n) is 8.36. The molecule has 4 atom stereocenters. The van der Waals surface area contributed by atoms with E-state index < -0.39 is 30.3 Å². The van der Waals surface area contributed by atoms with Crippen molar-refractivity contribution in [1.29, 1.82) is 0 Å². The molecule has 1 saturated heterocycles. The molecule has 2 aromatic rings. The molecule has 4 rings (SSSR count). The summed E-state index contributed by atoms with van der Waals surface area (Å²) >= 11 is 12.4. The third-order valence-corrected chi connectivity index (χ3v) is 7.15. The number of fused-ring (bicyclic) bond motifs is 1. The smallest absolute Gasteiger partial charge is 0.338 e. The molecule has 1 N–H and O–H groups in total. The number of carbonyl (C=O) groups excluding carboxylic acids is 4. The summed E-state index contributed by atoms with van der Waals surface area (Å²) in [7, 11) is 0. The van der Waals surface area contributed by atoms with E-state index in [4.69, 9.17) is 32.7 Å². The van der Waals surface area contributed by atoms with Crippen molar-refractivity contribution in [2.45, 2.75) is 30.5 Å². The highest BCUT2D eigenvalue weighted by atomic mass is 35.5. The van der Waals surface area contributed by atoms with Gasteiger partial charge in [-0.15, -0.1) is 23.2 Å². The van der Waals surface area contributed by atoms with Gasteiger partial charge in [-0.25, -0.2) is 4.79 Å². The van der Waals surface area contributed by atoms with Gasteiger partial charge in [0.05, 0.1) is 40.4 Å². The van der Waals surface area contributed by atoms with Gasteiger partial charge >= 0.3 is 5.97 Å². The van der Waals surface area contributed by atoms with E-state index in [0.717, 1.165) is 4.90 Å². The molecule has 10 heteroatoms. The number of anilines is 2. The van der Waals surface area contributed by atoms with E-state index in [2.05, 4.69) is 5.32 Å². The van der Waals surface area contributed by atoms with Gasteiger partial charge in [0.2, 0.25) is 11.8 Å². The average molecular weight is 519 g/mol. The number of hydrogen-bond acceptors (Lipinski definition) is 6. The van der Waals surface area contributed by atoms with Gasteiger partial charge in [0.25, 0.3) is 5.91 Å². The molecule has 2 aliphatic rings. The quantitative estimate of drug-likeness (QED) is 0.337. The highest BCUT2D eigenvalue weighted by Crippen LogP contribution is 2.43. The van der Waals surface area contributed by atoms with E-state index in [-0.39, 0.29) is 28.1 Å². The number of nitrogens with zero attached hydrogens (tertiary/aromatic N) is 1. The summed E-state index contributed by atoms with van der Waals surface area (Å²) < 4.78 is 10.4. The standard InChI is InChI=1S/C25H24Cl2N2O6/c1-2-34-17-9-5-15(6-10-17)28-22(30)13-35-25(33)14-3-7-16(8-4-14)29-23(31)18-11-20(26)21(27)12-19(18)24(29)32/h3-10,18-21H,2,11-13H2,1H3,(H,28,30)/t18-,19+,20-,21-/m0/s1. The molecule has 0 radical (unpaired) electrons. The fourth-order valence-electron chi connectivity index (χ4n) is 4.31. The lowest BCUT2D eigenvalue weighted by Gasteiger charge is -2.28. The van der Waals surface area contributed by atoms with Gasteiger partial charge in [0, 0.05) is 5.69 Å². The van der Waals surface area contributed by atoms with Crippen molar-refractivity contribution in [3.63, 3.8) is 0 Å². The summed E-state index contributed by atoms with van der Waals surface area (Å²) in [6, 6.07) is 12.7. The number of halogens is 2. The molecule has 8 nitrogen and oxygen atoms in total. The molecule has 1 heterocycles. The Morgan fingerprint density at radius 2 is 1.51 bits per heavy atom. The fraction of sp³-hybridized carbons (Fsp3) is 0.360. The van der Waals surface area contributed by atoms with Gasteiger partial charge in [-0.05, 0) is 68.3 Å². The molecule has 35 heavy (non-hydrogen) atoms. The van der Waals surface area contributed by atoms with Crippen LogP contribution >= 0.6 is 23.2 Å². The van der Waals surface area contributed by atoms with Crippen LogP contribution in [0.15, 0.2) is 48.5 Å². The number of rotatable bonds is 7. The lowest BCUT2D eigenvalue weighted by Crippen LogP contribution is -2.34. The summed E-state index contributed by atoms with van der Waals surface area (Å²) in [5.41, 5.74) is 1.08. The molecule has 0 bridgehead atoms. The number of alkyl halides is 2. The first-order valence-electron chi connectivity index (χ1n) is 11.2. The maximum atomic E-state index is 12.9.